The Bertz CT molecular complexity index is 1130. The second kappa shape index (κ2) is 10.6. The van der Waals surface area contributed by atoms with Crippen LogP contribution in [0.15, 0.2) is 71.7 Å². The monoisotopic (exact) mass is 449 g/mol. The molecule has 0 saturated carbocycles. The van der Waals surface area contributed by atoms with Crippen LogP contribution in [0.4, 0.5) is 4.39 Å². The number of rotatable bonds is 8. The normalized spacial score (nSPS) is 14.8. The van der Waals surface area contributed by atoms with E-state index < -0.39 is 0 Å². The highest BCUT2D eigenvalue weighted by atomic mass is 19.1. The Balaban J connectivity index is 1.32. The fourth-order valence-electron chi connectivity index (χ4n) is 3.76. The van der Waals surface area contributed by atoms with E-state index in [-0.39, 0.29) is 30.3 Å². The zero-order valence-electron chi connectivity index (χ0n) is 18.7. The van der Waals surface area contributed by atoms with Crippen LogP contribution in [0.1, 0.15) is 21.5 Å². The van der Waals surface area contributed by atoms with E-state index in [1.807, 2.05) is 24.3 Å². The van der Waals surface area contributed by atoms with Crippen molar-refractivity contribution in [2.75, 3.05) is 33.2 Å². The number of piperazine rings is 1. The van der Waals surface area contributed by atoms with E-state index in [1.54, 1.807) is 24.4 Å². The van der Waals surface area contributed by atoms with Gasteiger partial charge in [0.15, 0.2) is 5.78 Å². The molecular formula is C26H28FN3O3. The number of carbonyl (C=O) groups is 1. The van der Waals surface area contributed by atoms with E-state index in [2.05, 4.69) is 16.8 Å². The molecule has 172 valence electrons. The third-order valence-corrected chi connectivity index (χ3v) is 5.88. The zero-order valence-corrected chi connectivity index (χ0v) is 18.7. The molecule has 1 saturated heterocycles. The summed E-state index contributed by atoms with van der Waals surface area (Å²) in [5.74, 6) is -0.0276. The first kappa shape index (κ1) is 22.9. The first-order valence-corrected chi connectivity index (χ1v) is 11.1. The van der Waals surface area contributed by atoms with Crippen molar-refractivity contribution in [2.45, 2.75) is 19.7 Å². The lowest BCUT2D eigenvalue weighted by Gasteiger charge is -2.32. The molecule has 0 radical (unpaired) electrons. The molecule has 1 aliphatic rings. The summed E-state index contributed by atoms with van der Waals surface area (Å²) in [5, 5.41) is 0. The molecule has 4 rings (SSSR count). The molecule has 1 fully saturated rings. The van der Waals surface area contributed by atoms with Crippen molar-refractivity contribution in [3.8, 4) is 5.75 Å². The number of carbonyl (C=O) groups excluding carboxylic acids is 1. The largest absolute Gasteiger partial charge is 0.489 e. The van der Waals surface area contributed by atoms with Gasteiger partial charge in [0.25, 0.3) is 5.56 Å². The molecule has 2 aromatic carbocycles. The average Bonchev–Trinajstić information content (AvgIpc) is 2.82. The first-order chi connectivity index (χ1) is 16.0. The van der Waals surface area contributed by atoms with Gasteiger partial charge in [-0.3, -0.25) is 14.5 Å². The number of hydrogen-bond acceptors (Lipinski definition) is 5. The lowest BCUT2D eigenvalue weighted by Crippen LogP contribution is -2.43. The highest BCUT2D eigenvalue weighted by Crippen LogP contribution is 2.13. The molecule has 0 aliphatic carbocycles. The summed E-state index contributed by atoms with van der Waals surface area (Å²) in [6.07, 6.45) is 1.56. The summed E-state index contributed by atoms with van der Waals surface area (Å²) in [6, 6.07) is 16.6. The van der Waals surface area contributed by atoms with Gasteiger partial charge in [0.1, 0.15) is 18.2 Å². The Labute approximate surface area is 192 Å². The van der Waals surface area contributed by atoms with Gasteiger partial charge in [0.05, 0.1) is 6.54 Å². The predicted octanol–water partition coefficient (Wildman–Crippen LogP) is 3.20. The van der Waals surface area contributed by atoms with Gasteiger partial charge in [0, 0.05) is 50.6 Å². The maximum Gasteiger partial charge on any atom is 0.254 e. The third-order valence-electron chi connectivity index (χ3n) is 5.88. The summed E-state index contributed by atoms with van der Waals surface area (Å²) in [6.45, 7) is 5.30. The van der Waals surface area contributed by atoms with Gasteiger partial charge in [-0.2, -0.15) is 0 Å². The molecule has 6 nitrogen and oxygen atoms in total. The Morgan fingerprint density at radius 2 is 1.61 bits per heavy atom. The van der Waals surface area contributed by atoms with E-state index in [1.165, 1.54) is 28.3 Å². The number of nitrogens with zero attached hydrogens (tertiary/aromatic N) is 3. The minimum Gasteiger partial charge on any atom is -0.489 e. The number of pyridine rings is 1. The number of ketones is 1. The fraction of sp³-hybridized carbons (Fsp3) is 0.308. The molecule has 0 amide bonds. The molecule has 0 bridgehead atoms. The van der Waals surface area contributed by atoms with Crippen LogP contribution >= 0.6 is 0 Å². The first-order valence-electron chi connectivity index (χ1n) is 11.1. The van der Waals surface area contributed by atoms with Crippen molar-refractivity contribution in [1.82, 2.24) is 14.4 Å². The van der Waals surface area contributed by atoms with Crippen LogP contribution < -0.4 is 10.3 Å². The average molecular weight is 450 g/mol. The van der Waals surface area contributed by atoms with Crippen molar-refractivity contribution in [3.05, 3.63) is 99.7 Å². The van der Waals surface area contributed by atoms with Gasteiger partial charge in [-0.15, -0.1) is 0 Å². The highest BCUT2D eigenvalue weighted by molar-refractivity contribution is 5.95. The quantitative estimate of drug-likeness (QED) is 0.495. The molecule has 0 N–H and O–H groups in total. The summed E-state index contributed by atoms with van der Waals surface area (Å²) in [4.78, 5) is 29.9. The lowest BCUT2D eigenvalue weighted by atomic mass is 10.1. The Kier molecular flexibility index (Phi) is 7.32. The maximum absolute atomic E-state index is 13.0. The number of ether oxygens (including phenoxy) is 1. The maximum atomic E-state index is 13.0. The van der Waals surface area contributed by atoms with Crippen molar-refractivity contribution in [3.63, 3.8) is 0 Å². The molecule has 0 spiro atoms. The van der Waals surface area contributed by atoms with Gasteiger partial charge in [-0.1, -0.05) is 36.4 Å². The van der Waals surface area contributed by atoms with Crippen molar-refractivity contribution >= 4 is 5.78 Å². The van der Waals surface area contributed by atoms with Gasteiger partial charge < -0.3 is 14.2 Å². The second-order valence-electron chi connectivity index (χ2n) is 8.44. The van der Waals surface area contributed by atoms with Gasteiger partial charge in [0.2, 0.25) is 0 Å². The molecule has 0 atom stereocenters. The van der Waals surface area contributed by atoms with Crippen molar-refractivity contribution in [2.24, 2.45) is 0 Å². The number of Topliss-reactive ketones (excluding diaryl/α,β-unsaturated/α-hetero) is 1. The zero-order chi connectivity index (χ0) is 23.2. The highest BCUT2D eigenvalue weighted by Gasteiger charge is 2.14. The smallest absolute Gasteiger partial charge is 0.254 e. The number of halogens is 1. The van der Waals surface area contributed by atoms with Crippen LogP contribution in [-0.2, 0) is 19.7 Å². The molecule has 7 heteroatoms. The summed E-state index contributed by atoms with van der Waals surface area (Å²) >= 11 is 0. The van der Waals surface area contributed by atoms with E-state index >= 15 is 0 Å². The third kappa shape index (κ3) is 6.37. The number of hydrogen-bond donors (Lipinski definition) is 0. The van der Waals surface area contributed by atoms with Gasteiger partial charge in [-0.05, 0) is 36.4 Å². The Morgan fingerprint density at radius 1 is 0.939 bits per heavy atom. The lowest BCUT2D eigenvalue weighted by molar-refractivity contribution is 0.0970. The molecule has 1 aromatic heterocycles. The summed E-state index contributed by atoms with van der Waals surface area (Å²) in [5.41, 5.74) is 2.25. The van der Waals surface area contributed by atoms with Crippen LogP contribution in [-0.4, -0.2) is 53.4 Å². The van der Waals surface area contributed by atoms with Crippen molar-refractivity contribution < 1.29 is 13.9 Å². The van der Waals surface area contributed by atoms with Gasteiger partial charge >= 0.3 is 0 Å². The standard InChI is InChI=1S/C26H28FN3O3/c1-28-12-14-29(15-13-28)17-20-2-6-22(7-3-20)25(31)18-30-11-10-24(16-26(30)32)33-19-21-4-8-23(27)9-5-21/h2-11,16H,12-15,17-19H2,1H3. The van der Waals surface area contributed by atoms with E-state index in [9.17, 15) is 14.0 Å². The minimum absolute atomic E-state index is 0.0329. The van der Waals surface area contributed by atoms with E-state index in [0.29, 0.717) is 11.3 Å². The minimum atomic E-state index is -0.313. The molecule has 2 heterocycles. The van der Waals surface area contributed by atoms with Crippen molar-refractivity contribution in [1.29, 1.82) is 0 Å². The molecule has 0 unspecified atom stereocenters. The van der Waals surface area contributed by atoms with Crippen LogP contribution in [0.5, 0.6) is 5.75 Å². The van der Waals surface area contributed by atoms with E-state index in [0.717, 1.165) is 38.3 Å². The summed E-state index contributed by atoms with van der Waals surface area (Å²) < 4.78 is 20.0. The second-order valence-corrected chi connectivity index (χ2v) is 8.44. The number of likely N-dealkylation sites (N-methyl/N-ethyl adjacent to an activating group) is 1. The van der Waals surface area contributed by atoms with Crippen LogP contribution in [0.25, 0.3) is 0 Å². The van der Waals surface area contributed by atoms with Crippen LogP contribution in [0, 0.1) is 5.82 Å². The molecule has 33 heavy (non-hydrogen) atoms. The van der Waals surface area contributed by atoms with Crippen LogP contribution in [0.3, 0.4) is 0 Å². The molecular weight excluding hydrogens is 421 g/mol. The Morgan fingerprint density at radius 3 is 2.27 bits per heavy atom. The Hall–Kier alpha value is -3.29. The summed E-state index contributed by atoms with van der Waals surface area (Å²) in [7, 11) is 2.14. The molecule has 3 aromatic rings. The SMILES string of the molecule is CN1CCN(Cc2ccc(C(=O)Cn3ccc(OCc4ccc(F)cc4)cc3=O)cc2)CC1. The predicted molar refractivity (Wildman–Crippen MR) is 125 cm³/mol. The van der Waals surface area contributed by atoms with Gasteiger partial charge in [-0.25, -0.2) is 4.39 Å². The topological polar surface area (TPSA) is 54.8 Å². The van der Waals surface area contributed by atoms with Crippen LogP contribution in [0.2, 0.25) is 0 Å². The van der Waals surface area contributed by atoms with E-state index in [4.69, 9.17) is 4.74 Å². The number of benzene rings is 2. The number of aromatic nitrogens is 1. The fourth-order valence-corrected chi connectivity index (χ4v) is 3.76. The molecule has 1 aliphatic heterocycles.